The largest absolute Gasteiger partial charge is 0.311 e. The Morgan fingerprint density at radius 1 is 0.537 bits per heavy atom. The van der Waals surface area contributed by atoms with Crippen LogP contribution in [0.15, 0.2) is 115 Å². The Balaban J connectivity index is 1.24. The normalized spacial score (nSPS) is 18.7. The van der Waals surface area contributed by atoms with Gasteiger partial charge < -0.3 is 9.80 Å². The highest BCUT2D eigenvalue weighted by Crippen LogP contribution is 2.55. The Hall–Kier alpha value is -5.06. The van der Waals surface area contributed by atoms with Gasteiger partial charge in [-0.2, -0.15) is 0 Å². The van der Waals surface area contributed by atoms with Crippen LogP contribution in [0.5, 0.6) is 0 Å². The standard InChI is InChI=1S/C63H71BN2S/c1-59(2,3)40-21-19-38(20-22-40)39-33-53-56-54(34-39)66(45-30-25-42(26-31-45)61(7,8)9)57-48-36-47-46-17-15-16-18-49(46)63(13,14)50(47)37-55(48)67-58(57)64(56)51-35-43(62(10,11)12)27-32-52(51)65(53)44-28-23-41(24-29-44)60(4,5)6/h15-18,23-38,40H,19-22H2,1-14H3. The summed E-state index contributed by atoms with van der Waals surface area (Å²) in [7, 11) is 0. The smallest absolute Gasteiger partial charge is 0.264 e. The molecule has 0 saturated heterocycles. The molecule has 0 atom stereocenters. The van der Waals surface area contributed by atoms with Crippen LogP contribution < -0.4 is 25.5 Å². The first-order valence-corrected chi connectivity index (χ1v) is 26.2. The molecule has 0 radical (unpaired) electrons. The number of anilines is 6. The number of fused-ring (bicyclic) bond motifs is 9. The molecular formula is C63H71BN2S. The SMILES string of the molecule is CC(C)(C)c1ccc(N2c3ccc(C(C)(C)C)cc3B3c4sc5cc6c(cc5c4N(c4ccc(C(C)(C)C)cc4)c4cc(C5CCC(C(C)(C)C)CC5)cc2c43)-c2ccccc2C6(C)C)cc1. The summed E-state index contributed by atoms with van der Waals surface area (Å²) >= 11 is 2.04. The predicted molar refractivity (Wildman–Crippen MR) is 294 cm³/mol. The highest BCUT2D eigenvalue weighted by atomic mass is 32.1. The lowest BCUT2D eigenvalue weighted by Gasteiger charge is -2.44. The Bertz CT molecular complexity index is 3090. The molecule has 0 N–H and O–H groups in total. The molecule has 4 aliphatic rings. The van der Waals surface area contributed by atoms with Gasteiger partial charge in [-0.3, -0.25) is 0 Å². The number of thiophene rings is 1. The zero-order valence-corrected chi connectivity index (χ0v) is 43.6. The van der Waals surface area contributed by atoms with Crippen molar-refractivity contribution in [2.75, 3.05) is 9.80 Å². The molecule has 1 aromatic heterocycles. The lowest BCUT2D eigenvalue weighted by molar-refractivity contribution is 0.169. The molecule has 7 aromatic rings. The first kappa shape index (κ1) is 44.5. The van der Waals surface area contributed by atoms with E-state index in [0.717, 1.165) is 5.92 Å². The van der Waals surface area contributed by atoms with Gasteiger partial charge in [-0.25, -0.2) is 0 Å². The third kappa shape index (κ3) is 7.08. The summed E-state index contributed by atoms with van der Waals surface area (Å²) in [4.78, 5) is 5.37. The maximum absolute atomic E-state index is 2.72. The van der Waals surface area contributed by atoms with E-state index < -0.39 is 0 Å². The first-order chi connectivity index (χ1) is 31.5. The van der Waals surface area contributed by atoms with Gasteiger partial charge in [0.2, 0.25) is 0 Å². The summed E-state index contributed by atoms with van der Waals surface area (Å²) in [6.45, 7) is 33.4. The summed E-state index contributed by atoms with van der Waals surface area (Å²) in [5.74, 6) is 1.25. The third-order valence-electron chi connectivity index (χ3n) is 16.7. The maximum atomic E-state index is 2.72. The molecule has 11 rings (SSSR count). The second kappa shape index (κ2) is 15.0. The van der Waals surface area contributed by atoms with E-state index in [4.69, 9.17) is 0 Å². The molecule has 0 spiro atoms. The number of nitrogens with zero attached hydrogens (tertiary/aromatic N) is 2. The summed E-state index contributed by atoms with van der Waals surface area (Å²) in [5.41, 5.74) is 22.2. The van der Waals surface area contributed by atoms with Gasteiger partial charge >= 0.3 is 0 Å². The van der Waals surface area contributed by atoms with E-state index >= 15 is 0 Å². The molecule has 4 heteroatoms. The summed E-state index contributed by atoms with van der Waals surface area (Å²) in [5, 5.41) is 1.36. The molecule has 6 aromatic carbocycles. The third-order valence-corrected chi connectivity index (χ3v) is 17.9. The molecule has 1 fully saturated rings. The number of rotatable bonds is 3. The van der Waals surface area contributed by atoms with Crippen LogP contribution in [0.1, 0.15) is 162 Å². The second-order valence-corrected chi connectivity index (χ2v) is 26.6. The van der Waals surface area contributed by atoms with Gasteiger partial charge in [0.1, 0.15) is 0 Å². The van der Waals surface area contributed by atoms with Crippen molar-refractivity contribution < 1.29 is 0 Å². The molecule has 0 bridgehead atoms. The van der Waals surface area contributed by atoms with E-state index in [1.165, 1.54) is 130 Å². The molecule has 2 aliphatic carbocycles. The van der Waals surface area contributed by atoms with E-state index in [0.29, 0.717) is 11.3 Å². The van der Waals surface area contributed by atoms with Crippen molar-refractivity contribution in [3.8, 4) is 11.1 Å². The molecule has 342 valence electrons. The quantitative estimate of drug-likeness (QED) is 0.163. The molecule has 0 unspecified atom stereocenters. The van der Waals surface area contributed by atoms with Crippen molar-refractivity contribution in [1.82, 2.24) is 0 Å². The number of hydrogen-bond acceptors (Lipinski definition) is 3. The van der Waals surface area contributed by atoms with Gasteiger partial charge in [0.15, 0.2) is 0 Å². The highest BCUT2D eigenvalue weighted by molar-refractivity contribution is 7.33. The second-order valence-electron chi connectivity index (χ2n) is 25.5. The fourth-order valence-electron chi connectivity index (χ4n) is 12.5. The van der Waals surface area contributed by atoms with Gasteiger partial charge in [-0.15, -0.1) is 11.3 Å². The van der Waals surface area contributed by atoms with E-state index in [1.807, 2.05) is 11.3 Å². The molecule has 0 amide bonds. The minimum Gasteiger partial charge on any atom is -0.311 e. The molecule has 3 heterocycles. The Morgan fingerprint density at radius 3 is 1.67 bits per heavy atom. The Kier molecular flexibility index (Phi) is 9.93. The molecule has 67 heavy (non-hydrogen) atoms. The van der Waals surface area contributed by atoms with Crippen LogP contribution in [0.3, 0.4) is 0 Å². The summed E-state index contributed by atoms with van der Waals surface area (Å²) < 4.78 is 2.83. The van der Waals surface area contributed by atoms with Gasteiger partial charge in [0, 0.05) is 48.7 Å². The van der Waals surface area contributed by atoms with Crippen LogP contribution in [0, 0.1) is 11.3 Å². The highest BCUT2D eigenvalue weighted by Gasteiger charge is 2.47. The molecule has 2 aliphatic heterocycles. The van der Waals surface area contributed by atoms with E-state index in [9.17, 15) is 0 Å². The Morgan fingerprint density at radius 2 is 1.09 bits per heavy atom. The van der Waals surface area contributed by atoms with Crippen molar-refractivity contribution in [2.45, 2.75) is 150 Å². The van der Waals surface area contributed by atoms with E-state index in [-0.39, 0.29) is 28.4 Å². The Labute approximate surface area is 406 Å². The molecule has 2 nitrogen and oxygen atoms in total. The van der Waals surface area contributed by atoms with Crippen LogP contribution in [0.25, 0.3) is 21.2 Å². The number of benzene rings is 6. The predicted octanol–water partition coefficient (Wildman–Crippen LogP) is 16.5. The maximum Gasteiger partial charge on any atom is 0.264 e. The van der Waals surface area contributed by atoms with Gasteiger partial charge in [0.25, 0.3) is 6.71 Å². The minimum atomic E-state index is -0.0772. The summed E-state index contributed by atoms with van der Waals surface area (Å²) in [6, 6.07) is 46.3. The first-order valence-electron chi connectivity index (χ1n) is 25.3. The van der Waals surface area contributed by atoms with Crippen LogP contribution in [-0.2, 0) is 21.7 Å². The fourth-order valence-corrected chi connectivity index (χ4v) is 13.8. The van der Waals surface area contributed by atoms with E-state index in [2.05, 4.69) is 222 Å². The average molecular weight is 899 g/mol. The fraction of sp³-hybridized carbons (Fsp3) is 0.397. The van der Waals surface area contributed by atoms with Crippen LogP contribution in [0.4, 0.5) is 34.1 Å². The van der Waals surface area contributed by atoms with E-state index in [1.54, 1.807) is 0 Å². The lowest BCUT2D eigenvalue weighted by atomic mass is 9.36. The van der Waals surface area contributed by atoms with Crippen LogP contribution in [0.2, 0.25) is 0 Å². The van der Waals surface area contributed by atoms with Gasteiger partial charge in [0.05, 0.1) is 5.69 Å². The molecular weight excluding hydrogens is 828 g/mol. The lowest BCUT2D eigenvalue weighted by Crippen LogP contribution is -2.60. The monoisotopic (exact) mass is 899 g/mol. The van der Waals surface area contributed by atoms with Crippen molar-refractivity contribution in [1.29, 1.82) is 0 Å². The summed E-state index contributed by atoms with van der Waals surface area (Å²) in [6.07, 6.45) is 5.01. The molecule has 1 saturated carbocycles. The zero-order chi connectivity index (χ0) is 47.3. The average Bonchev–Trinajstić information content (AvgIpc) is 3.75. The van der Waals surface area contributed by atoms with Crippen molar-refractivity contribution in [3.05, 3.63) is 149 Å². The topological polar surface area (TPSA) is 6.48 Å². The van der Waals surface area contributed by atoms with Crippen molar-refractivity contribution in [3.63, 3.8) is 0 Å². The van der Waals surface area contributed by atoms with Crippen molar-refractivity contribution >= 4 is 78.0 Å². The van der Waals surface area contributed by atoms with Crippen LogP contribution in [-0.4, -0.2) is 6.71 Å². The van der Waals surface area contributed by atoms with Crippen LogP contribution >= 0.6 is 11.3 Å². The van der Waals surface area contributed by atoms with Gasteiger partial charge in [-0.1, -0.05) is 158 Å². The number of hydrogen-bond donors (Lipinski definition) is 0. The van der Waals surface area contributed by atoms with Crippen molar-refractivity contribution in [2.24, 2.45) is 11.3 Å². The van der Waals surface area contributed by atoms with Gasteiger partial charge in [-0.05, 0) is 169 Å². The minimum absolute atomic E-state index is 0.00858. The zero-order valence-electron chi connectivity index (χ0n) is 42.8.